The lowest BCUT2D eigenvalue weighted by atomic mass is 10.2. The first-order chi connectivity index (χ1) is 7.84. The second-order valence-electron chi connectivity index (χ2n) is 3.28. The zero-order valence-corrected chi connectivity index (χ0v) is 8.54. The lowest BCUT2D eigenvalue weighted by molar-refractivity contribution is -0.210. The molecular weight excluding hydrogens is 244 g/mol. The normalized spacial score (nSPS) is 13.5. The fourth-order valence-corrected chi connectivity index (χ4v) is 1.08. The third-order valence-corrected chi connectivity index (χ3v) is 1.97. The predicted molar refractivity (Wildman–Crippen MR) is 49.9 cm³/mol. The van der Waals surface area contributed by atoms with Crippen LogP contribution in [0.1, 0.15) is 5.56 Å². The van der Waals surface area contributed by atoms with Crippen molar-refractivity contribution in [3.05, 3.63) is 29.6 Å². The van der Waals surface area contributed by atoms with E-state index in [4.69, 9.17) is 10.2 Å². The average Bonchev–Trinajstić information content (AvgIpc) is 2.25. The highest BCUT2D eigenvalue weighted by Crippen LogP contribution is 2.23. The van der Waals surface area contributed by atoms with Gasteiger partial charge in [-0.05, 0) is 18.2 Å². The van der Waals surface area contributed by atoms with E-state index in [0.717, 1.165) is 18.2 Å². The minimum Gasteiger partial charge on any atom is -0.490 e. The summed E-state index contributed by atoms with van der Waals surface area (Å²) in [5, 5.41) is 17.5. The molecule has 1 unspecified atom stereocenters. The molecule has 7 heteroatoms. The van der Waals surface area contributed by atoms with E-state index in [9.17, 15) is 17.6 Å². The summed E-state index contributed by atoms with van der Waals surface area (Å²) in [6.45, 7) is -1.59. The molecule has 0 bridgehead atoms. The summed E-state index contributed by atoms with van der Waals surface area (Å²) < 4.78 is 53.3. The fraction of sp³-hybridized carbons (Fsp3) is 0.400. The summed E-state index contributed by atoms with van der Waals surface area (Å²) in [4.78, 5) is 0. The molecule has 17 heavy (non-hydrogen) atoms. The Labute approximate surface area is 94.3 Å². The van der Waals surface area contributed by atoms with Crippen molar-refractivity contribution in [1.29, 1.82) is 0 Å². The van der Waals surface area contributed by atoms with Crippen molar-refractivity contribution in [2.45, 2.75) is 18.9 Å². The van der Waals surface area contributed by atoms with Crippen LogP contribution in [0.2, 0.25) is 0 Å². The van der Waals surface area contributed by atoms with Crippen LogP contribution in [0.15, 0.2) is 18.2 Å². The van der Waals surface area contributed by atoms with E-state index in [-0.39, 0.29) is 11.3 Å². The summed E-state index contributed by atoms with van der Waals surface area (Å²) in [7, 11) is 0. The van der Waals surface area contributed by atoms with Gasteiger partial charge in [-0.15, -0.1) is 0 Å². The summed E-state index contributed by atoms with van der Waals surface area (Å²) in [6.07, 6.45) is -7.40. The molecule has 3 nitrogen and oxygen atoms in total. The molecule has 1 aromatic rings. The molecule has 0 radical (unpaired) electrons. The zero-order valence-electron chi connectivity index (χ0n) is 8.54. The number of hydrogen-bond donors (Lipinski definition) is 2. The van der Waals surface area contributed by atoms with Crippen LogP contribution in [-0.4, -0.2) is 29.1 Å². The molecule has 1 rings (SSSR count). The maximum absolute atomic E-state index is 12.7. The second-order valence-corrected chi connectivity index (χ2v) is 3.28. The Hall–Kier alpha value is -1.34. The first kappa shape index (κ1) is 13.7. The standard InChI is InChI=1S/C10H10F4O3/c11-7-1-2-8(6(3-7)4-15)17-5-9(16)10(12,13)14/h1-3,9,15-16H,4-5H2. The number of rotatable bonds is 4. The van der Waals surface area contributed by atoms with Crippen molar-refractivity contribution in [2.75, 3.05) is 6.61 Å². The van der Waals surface area contributed by atoms with E-state index >= 15 is 0 Å². The van der Waals surface area contributed by atoms with Crippen molar-refractivity contribution in [2.24, 2.45) is 0 Å². The van der Waals surface area contributed by atoms with E-state index in [2.05, 4.69) is 4.74 Å². The monoisotopic (exact) mass is 254 g/mol. The van der Waals surface area contributed by atoms with Gasteiger partial charge in [0.25, 0.3) is 0 Å². The Balaban J connectivity index is 2.69. The van der Waals surface area contributed by atoms with Gasteiger partial charge in [0.15, 0.2) is 6.10 Å². The molecule has 0 fully saturated rings. The van der Waals surface area contributed by atoms with Gasteiger partial charge >= 0.3 is 6.18 Å². The van der Waals surface area contributed by atoms with Crippen molar-refractivity contribution in [1.82, 2.24) is 0 Å². The quantitative estimate of drug-likeness (QED) is 0.803. The largest absolute Gasteiger partial charge is 0.490 e. The number of alkyl halides is 3. The summed E-state index contributed by atoms with van der Waals surface area (Å²) in [5.74, 6) is -0.741. The highest BCUT2D eigenvalue weighted by Gasteiger charge is 2.38. The summed E-state index contributed by atoms with van der Waals surface area (Å²) >= 11 is 0. The SMILES string of the molecule is OCc1cc(F)ccc1OCC(O)C(F)(F)F. The molecule has 0 aliphatic rings. The van der Waals surface area contributed by atoms with Gasteiger partial charge in [0.1, 0.15) is 18.2 Å². The van der Waals surface area contributed by atoms with Gasteiger partial charge in [0.2, 0.25) is 0 Å². The smallest absolute Gasteiger partial charge is 0.417 e. The molecule has 0 aliphatic heterocycles. The molecule has 0 spiro atoms. The molecular formula is C10H10F4O3. The van der Waals surface area contributed by atoms with Gasteiger partial charge in [0, 0.05) is 5.56 Å². The first-order valence-electron chi connectivity index (χ1n) is 4.61. The van der Waals surface area contributed by atoms with E-state index in [1.807, 2.05) is 0 Å². The van der Waals surface area contributed by atoms with Crippen LogP contribution < -0.4 is 4.74 Å². The third kappa shape index (κ3) is 3.86. The lowest BCUT2D eigenvalue weighted by Gasteiger charge is -2.16. The highest BCUT2D eigenvalue weighted by molar-refractivity contribution is 5.33. The predicted octanol–water partition coefficient (Wildman–Crippen LogP) is 1.62. The maximum atomic E-state index is 12.7. The van der Waals surface area contributed by atoms with Crippen LogP contribution in [0.3, 0.4) is 0 Å². The highest BCUT2D eigenvalue weighted by atomic mass is 19.4. The Kier molecular flexibility index (Phi) is 4.30. The van der Waals surface area contributed by atoms with Crippen LogP contribution in [0.4, 0.5) is 17.6 Å². The van der Waals surface area contributed by atoms with Gasteiger partial charge in [-0.2, -0.15) is 13.2 Å². The number of aliphatic hydroxyl groups is 2. The zero-order chi connectivity index (χ0) is 13.1. The molecule has 0 aliphatic carbocycles. The van der Waals surface area contributed by atoms with Crippen LogP contribution in [0, 0.1) is 5.82 Å². The maximum Gasteiger partial charge on any atom is 0.417 e. The minimum absolute atomic E-state index is 0.0133. The van der Waals surface area contributed by atoms with Crippen LogP contribution in [-0.2, 0) is 6.61 Å². The van der Waals surface area contributed by atoms with Crippen LogP contribution in [0.5, 0.6) is 5.75 Å². The molecule has 1 atom stereocenters. The number of benzene rings is 1. The minimum atomic E-state index is -4.78. The van der Waals surface area contributed by atoms with E-state index in [0.29, 0.717) is 0 Å². The Morgan fingerprint density at radius 3 is 2.47 bits per heavy atom. The molecule has 2 N–H and O–H groups in total. The van der Waals surface area contributed by atoms with E-state index in [1.54, 1.807) is 0 Å². The van der Waals surface area contributed by atoms with E-state index < -0.39 is 31.3 Å². The lowest BCUT2D eigenvalue weighted by Crippen LogP contribution is -2.34. The molecule has 0 saturated heterocycles. The molecule has 1 aromatic carbocycles. The number of aliphatic hydroxyl groups excluding tert-OH is 2. The van der Waals surface area contributed by atoms with Gasteiger partial charge in [-0.1, -0.05) is 0 Å². The summed E-state index contributed by atoms with van der Waals surface area (Å²) in [6, 6.07) is 3.01. The Morgan fingerprint density at radius 1 is 1.29 bits per heavy atom. The van der Waals surface area contributed by atoms with Crippen LogP contribution in [0.25, 0.3) is 0 Å². The van der Waals surface area contributed by atoms with Gasteiger partial charge in [0.05, 0.1) is 6.61 Å². The number of hydrogen-bond acceptors (Lipinski definition) is 3. The summed E-state index contributed by atoms with van der Waals surface area (Å²) in [5.41, 5.74) is 0.0133. The van der Waals surface area contributed by atoms with E-state index in [1.165, 1.54) is 0 Å². The molecule has 0 amide bonds. The fourth-order valence-electron chi connectivity index (χ4n) is 1.08. The molecule has 0 aromatic heterocycles. The Bertz CT molecular complexity index is 378. The van der Waals surface area contributed by atoms with Crippen molar-refractivity contribution < 1.29 is 32.5 Å². The topological polar surface area (TPSA) is 49.7 Å². The second kappa shape index (κ2) is 5.33. The Morgan fingerprint density at radius 2 is 1.94 bits per heavy atom. The van der Waals surface area contributed by atoms with Crippen molar-refractivity contribution in [3.63, 3.8) is 0 Å². The van der Waals surface area contributed by atoms with Gasteiger partial charge in [-0.3, -0.25) is 0 Å². The molecule has 96 valence electrons. The molecule has 0 saturated carbocycles. The van der Waals surface area contributed by atoms with Gasteiger partial charge in [-0.25, -0.2) is 4.39 Å². The first-order valence-corrected chi connectivity index (χ1v) is 4.61. The van der Waals surface area contributed by atoms with Crippen LogP contribution >= 0.6 is 0 Å². The van der Waals surface area contributed by atoms with Gasteiger partial charge < -0.3 is 14.9 Å². The third-order valence-electron chi connectivity index (χ3n) is 1.97. The van der Waals surface area contributed by atoms with Crippen molar-refractivity contribution >= 4 is 0 Å². The average molecular weight is 254 g/mol. The number of ether oxygens (including phenoxy) is 1. The molecule has 0 heterocycles. The number of halogens is 4. The van der Waals surface area contributed by atoms with Crippen molar-refractivity contribution in [3.8, 4) is 5.75 Å².